The van der Waals surface area contributed by atoms with E-state index in [0.29, 0.717) is 6.42 Å². The number of ether oxygens (including phenoxy) is 1. The van der Waals surface area contributed by atoms with Gasteiger partial charge in [-0.2, -0.15) is 0 Å². The van der Waals surface area contributed by atoms with Gasteiger partial charge in [-0.15, -0.1) is 0 Å². The summed E-state index contributed by atoms with van der Waals surface area (Å²) in [7, 11) is 0. The van der Waals surface area contributed by atoms with Crippen LogP contribution in [-0.2, 0) is 9.53 Å². The van der Waals surface area contributed by atoms with Crippen LogP contribution in [0.4, 0.5) is 0 Å². The topological polar surface area (TPSA) is 110 Å². The molecule has 1 saturated carbocycles. The Morgan fingerprint density at radius 3 is 2.84 bits per heavy atom. The van der Waals surface area contributed by atoms with Crippen LogP contribution in [0.3, 0.4) is 0 Å². The van der Waals surface area contributed by atoms with Gasteiger partial charge in [0.1, 0.15) is 17.8 Å². The van der Waals surface area contributed by atoms with Crippen molar-refractivity contribution in [3.05, 3.63) is 24.0 Å². The lowest BCUT2D eigenvalue weighted by Gasteiger charge is -2.31. The first-order chi connectivity index (χ1) is 9.00. The predicted molar refractivity (Wildman–Crippen MR) is 61.5 cm³/mol. The summed E-state index contributed by atoms with van der Waals surface area (Å²) in [5.41, 5.74) is -1.24. The second-order valence-electron chi connectivity index (χ2n) is 5.06. The largest absolute Gasteiger partial charge is 0.478 e. The van der Waals surface area contributed by atoms with Crippen LogP contribution in [0.2, 0.25) is 0 Å². The fourth-order valence-corrected chi connectivity index (χ4v) is 2.83. The average Bonchev–Trinajstić information content (AvgIpc) is 2.90. The third-order valence-electron chi connectivity index (χ3n) is 4.02. The molecule has 0 aromatic heterocycles. The Morgan fingerprint density at radius 1 is 1.58 bits per heavy atom. The van der Waals surface area contributed by atoms with Gasteiger partial charge in [0.25, 0.3) is 0 Å². The zero-order valence-electron chi connectivity index (χ0n) is 10.0. The van der Waals surface area contributed by atoms with Crippen LogP contribution in [0.25, 0.3) is 0 Å². The van der Waals surface area contributed by atoms with Crippen molar-refractivity contribution in [3.8, 4) is 0 Å². The molecule has 3 rings (SSSR count). The number of aliphatic carboxylic acids is 1. The number of carboxylic acids is 1. The predicted octanol–water partition coefficient (Wildman–Crippen LogP) is -1.39. The van der Waals surface area contributed by atoms with Crippen LogP contribution in [0.1, 0.15) is 6.42 Å². The van der Waals surface area contributed by atoms with E-state index in [0.717, 1.165) is 0 Å². The maximum Gasteiger partial charge on any atom is 0.333 e. The van der Waals surface area contributed by atoms with Crippen molar-refractivity contribution < 1.29 is 30.0 Å². The second-order valence-corrected chi connectivity index (χ2v) is 5.06. The maximum atomic E-state index is 10.9. The lowest BCUT2D eigenvalue weighted by Crippen LogP contribution is -2.45. The first-order valence-electron chi connectivity index (χ1n) is 6.05. The number of aliphatic hydroxyl groups is 3. The Labute approximate surface area is 109 Å². The quantitative estimate of drug-likeness (QED) is 0.499. The highest BCUT2D eigenvalue weighted by Crippen LogP contribution is 2.55. The summed E-state index contributed by atoms with van der Waals surface area (Å²) in [6.45, 7) is -0.253. The minimum Gasteiger partial charge on any atom is -0.478 e. The molecule has 0 aromatic rings. The summed E-state index contributed by atoms with van der Waals surface area (Å²) in [6, 6.07) is 0. The molecule has 1 aliphatic carbocycles. The SMILES string of the molecule is O=C(O)C1=CN([C@@H]2OC3[C@H](CO)[C@@]3(O)[C@H]2O)C=CC1. The standard InChI is InChI=1S/C12H15NO6/c14-5-7-9-12(7,18)8(15)10(19-9)13-3-1-2-6(4-13)11(16)17/h1,3-4,7-10,14-15,18H,2,5H2,(H,16,17)/t7-,8-,9?,10+,12+/m0/s1. The highest BCUT2D eigenvalue weighted by Gasteiger charge is 2.76. The Morgan fingerprint density at radius 2 is 2.32 bits per heavy atom. The number of carboxylic acid groups (broad SMARTS) is 1. The van der Waals surface area contributed by atoms with Crippen LogP contribution in [-0.4, -0.2) is 61.9 Å². The summed E-state index contributed by atoms with van der Waals surface area (Å²) in [5.74, 6) is -1.51. The molecule has 5 atom stereocenters. The summed E-state index contributed by atoms with van der Waals surface area (Å²) < 4.78 is 5.50. The molecule has 2 heterocycles. The van der Waals surface area contributed by atoms with E-state index in [1.165, 1.54) is 11.1 Å². The van der Waals surface area contributed by atoms with E-state index in [1.54, 1.807) is 12.3 Å². The molecule has 1 unspecified atom stereocenters. The van der Waals surface area contributed by atoms with Crippen LogP contribution >= 0.6 is 0 Å². The Kier molecular flexibility index (Phi) is 2.68. The van der Waals surface area contributed by atoms with Crippen molar-refractivity contribution in [2.45, 2.75) is 30.5 Å². The van der Waals surface area contributed by atoms with Crippen LogP contribution in [0.5, 0.6) is 0 Å². The first-order valence-corrected chi connectivity index (χ1v) is 6.05. The zero-order valence-corrected chi connectivity index (χ0v) is 10.0. The third-order valence-corrected chi connectivity index (χ3v) is 4.02. The molecule has 104 valence electrons. The van der Waals surface area contributed by atoms with E-state index in [2.05, 4.69) is 0 Å². The van der Waals surface area contributed by atoms with Gasteiger partial charge >= 0.3 is 5.97 Å². The Hall–Kier alpha value is -1.41. The number of rotatable bonds is 3. The number of fused-ring (bicyclic) bond motifs is 1. The summed E-state index contributed by atoms with van der Waals surface area (Å²) in [5, 5.41) is 38.2. The van der Waals surface area contributed by atoms with Crippen molar-refractivity contribution in [1.29, 1.82) is 0 Å². The Bertz CT molecular complexity index is 475. The highest BCUT2D eigenvalue weighted by atomic mass is 16.6. The number of allylic oxidation sites excluding steroid dienone is 1. The summed E-state index contributed by atoms with van der Waals surface area (Å²) in [6.07, 6.45) is 2.33. The molecule has 0 radical (unpaired) electrons. The molecule has 7 nitrogen and oxygen atoms in total. The fraction of sp³-hybridized carbons (Fsp3) is 0.583. The van der Waals surface area contributed by atoms with Crippen molar-refractivity contribution in [2.24, 2.45) is 5.92 Å². The molecule has 19 heavy (non-hydrogen) atoms. The molecule has 7 heteroatoms. The minimum absolute atomic E-state index is 0.185. The molecule has 2 fully saturated rings. The third kappa shape index (κ3) is 1.63. The summed E-state index contributed by atoms with van der Waals surface area (Å²) in [4.78, 5) is 12.4. The van der Waals surface area contributed by atoms with E-state index < -0.39 is 35.9 Å². The number of nitrogens with zero attached hydrogens (tertiary/aromatic N) is 1. The van der Waals surface area contributed by atoms with Gasteiger partial charge in [-0.05, 0) is 0 Å². The van der Waals surface area contributed by atoms with Crippen LogP contribution in [0, 0.1) is 5.92 Å². The van der Waals surface area contributed by atoms with Crippen molar-refractivity contribution in [1.82, 2.24) is 4.90 Å². The van der Waals surface area contributed by atoms with Crippen molar-refractivity contribution in [3.63, 3.8) is 0 Å². The molecule has 2 aliphatic heterocycles. The first kappa shape index (κ1) is 12.6. The van der Waals surface area contributed by atoms with Gasteiger partial charge in [-0.3, -0.25) is 0 Å². The highest BCUT2D eigenvalue weighted by molar-refractivity contribution is 5.87. The lowest BCUT2D eigenvalue weighted by atomic mass is 10.1. The number of carbonyl (C=O) groups is 1. The molecule has 0 aromatic carbocycles. The average molecular weight is 269 g/mol. The molecule has 0 amide bonds. The van der Waals surface area contributed by atoms with Gasteiger partial charge in [0.05, 0.1) is 12.2 Å². The van der Waals surface area contributed by atoms with Gasteiger partial charge in [0, 0.05) is 24.7 Å². The smallest absolute Gasteiger partial charge is 0.333 e. The molecule has 3 aliphatic rings. The van der Waals surface area contributed by atoms with Gasteiger partial charge in [-0.1, -0.05) is 6.08 Å². The van der Waals surface area contributed by atoms with Gasteiger partial charge in [-0.25, -0.2) is 4.79 Å². The van der Waals surface area contributed by atoms with E-state index in [-0.39, 0.29) is 12.2 Å². The number of hydrogen-bond donors (Lipinski definition) is 4. The van der Waals surface area contributed by atoms with E-state index >= 15 is 0 Å². The normalized spacial score (nSPS) is 43.9. The monoisotopic (exact) mass is 269 g/mol. The second kappa shape index (κ2) is 4.04. The van der Waals surface area contributed by atoms with Gasteiger partial charge in [0.15, 0.2) is 6.23 Å². The lowest BCUT2D eigenvalue weighted by molar-refractivity contribution is -0.133. The van der Waals surface area contributed by atoms with Crippen LogP contribution < -0.4 is 0 Å². The van der Waals surface area contributed by atoms with Gasteiger partial charge < -0.3 is 30.1 Å². The summed E-state index contributed by atoms with van der Waals surface area (Å²) >= 11 is 0. The fourth-order valence-electron chi connectivity index (χ4n) is 2.83. The Balaban J connectivity index is 1.77. The number of aliphatic hydroxyl groups excluding tert-OH is 2. The molecular formula is C12H15NO6. The van der Waals surface area contributed by atoms with E-state index in [4.69, 9.17) is 14.9 Å². The molecule has 0 spiro atoms. The van der Waals surface area contributed by atoms with E-state index in [1.807, 2.05) is 0 Å². The molecule has 0 bridgehead atoms. The van der Waals surface area contributed by atoms with E-state index in [9.17, 15) is 15.0 Å². The van der Waals surface area contributed by atoms with Crippen molar-refractivity contribution >= 4 is 5.97 Å². The van der Waals surface area contributed by atoms with Crippen LogP contribution in [0.15, 0.2) is 24.0 Å². The molecular weight excluding hydrogens is 254 g/mol. The van der Waals surface area contributed by atoms with Gasteiger partial charge in [0.2, 0.25) is 0 Å². The molecule has 1 saturated heterocycles. The maximum absolute atomic E-state index is 10.9. The minimum atomic E-state index is -1.43. The van der Waals surface area contributed by atoms with Crippen molar-refractivity contribution in [2.75, 3.05) is 6.61 Å². The zero-order chi connectivity index (χ0) is 13.8. The molecule has 4 N–H and O–H groups in total. The number of hydrogen-bond acceptors (Lipinski definition) is 6.